The Morgan fingerprint density at radius 1 is 1.56 bits per heavy atom. The molecule has 4 unspecified atom stereocenters. The molecule has 0 aromatic heterocycles. The number of ketones is 1. The third-order valence-corrected chi connectivity index (χ3v) is 5.25. The predicted octanol–water partition coefficient (Wildman–Crippen LogP) is 2.97. The number of fused-ring (bicyclic) bond motifs is 1. The van der Waals surface area contributed by atoms with Crippen molar-refractivity contribution >= 4 is 5.78 Å². The van der Waals surface area contributed by atoms with E-state index in [-0.39, 0.29) is 5.78 Å². The molecular formula is C15H20O3. The first-order valence-corrected chi connectivity index (χ1v) is 6.64. The summed E-state index contributed by atoms with van der Waals surface area (Å²) in [7, 11) is 0. The Bertz CT molecular complexity index is 464. The van der Waals surface area contributed by atoms with Crippen molar-refractivity contribution in [3.05, 3.63) is 23.8 Å². The zero-order valence-electron chi connectivity index (χ0n) is 11.3. The lowest BCUT2D eigenvalue weighted by molar-refractivity contribution is -0.413. The molecular weight excluding hydrogens is 228 g/mol. The maximum Gasteiger partial charge on any atom is 0.178 e. The molecule has 4 atom stereocenters. The molecule has 1 spiro atoms. The lowest BCUT2D eigenvalue weighted by Gasteiger charge is -2.58. The van der Waals surface area contributed by atoms with E-state index in [1.165, 1.54) is 5.57 Å². The van der Waals surface area contributed by atoms with E-state index < -0.39 is 17.1 Å². The molecule has 98 valence electrons. The molecule has 4 aliphatic rings. The summed E-state index contributed by atoms with van der Waals surface area (Å²) in [5.74, 6) is 0.590. The molecule has 2 aliphatic heterocycles. The standard InChI is InChI=1S/C15H20O3/c1-9(2)11-5-6-14(4)13(16)12-7-10(3)15(14,8-11)18-17-12/h7,11-12H,1,5-6,8H2,2-4H3. The van der Waals surface area contributed by atoms with Gasteiger partial charge in [0.15, 0.2) is 11.9 Å². The highest BCUT2D eigenvalue weighted by Gasteiger charge is 2.65. The normalized spacial score (nSPS) is 46.6. The van der Waals surface area contributed by atoms with Crippen molar-refractivity contribution in [2.45, 2.75) is 51.7 Å². The van der Waals surface area contributed by atoms with Gasteiger partial charge < -0.3 is 0 Å². The first-order chi connectivity index (χ1) is 8.41. The second-order valence-electron chi connectivity index (χ2n) is 6.26. The first-order valence-electron chi connectivity index (χ1n) is 6.64. The van der Waals surface area contributed by atoms with Crippen molar-refractivity contribution < 1.29 is 14.6 Å². The average Bonchev–Trinajstić information content (AvgIpc) is 2.33. The molecule has 0 radical (unpaired) electrons. The van der Waals surface area contributed by atoms with Gasteiger partial charge in [0.1, 0.15) is 5.60 Å². The number of allylic oxidation sites excluding steroid dienone is 1. The summed E-state index contributed by atoms with van der Waals surface area (Å²) in [4.78, 5) is 23.4. The fourth-order valence-corrected chi connectivity index (χ4v) is 3.83. The van der Waals surface area contributed by atoms with Crippen LogP contribution in [0, 0.1) is 11.3 Å². The van der Waals surface area contributed by atoms with Crippen LogP contribution in [0.5, 0.6) is 0 Å². The quantitative estimate of drug-likeness (QED) is 0.528. The fourth-order valence-electron chi connectivity index (χ4n) is 3.83. The van der Waals surface area contributed by atoms with Crippen molar-refractivity contribution in [3.8, 4) is 0 Å². The smallest absolute Gasteiger partial charge is 0.178 e. The Hall–Kier alpha value is -0.930. The Kier molecular flexibility index (Phi) is 2.39. The molecule has 0 N–H and O–H groups in total. The van der Waals surface area contributed by atoms with Crippen molar-refractivity contribution in [2.24, 2.45) is 11.3 Å². The highest BCUT2D eigenvalue weighted by Crippen LogP contribution is 2.59. The Balaban J connectivity index is 2.09. The molecule has 3 nitrogen and oxygen atoms in total. The number of hydrogen-bond acceptors (Lipinski definition) is 3. The monoisotopic (exact) mass is 248 g/mol. The number of hydrogen-bond donors (Lipinski definition) is 0. The van der Waals surface area contributed by atoms with Crippen molar-refractivity contribution in [3.63, 3.8) is 0 Å². The summed E-state index contributed by atoms with van der Waals surface area (Å²) in [6, 6.07) is 0. The molecule has 18 heavy (non-hydrogen) atoms. The first kappa shape index (κ1) is 12.1. The SMILES string of the molecule is C=C(C)C1CCC2(C)C(=O)C3C=C(C)C2(C1)OO3. The van der Waals surface area contributed by atoms with Crippen molar-refractivity contribution in [2.75, 3.05) is 0 Å². The average molecular weight is 248 g/mol. The van der Waals surface area contributed by atoms with Gasteiger partial charge in [-0.15, -0.1) is 0 Å². The highest BCUT2D eigenvalue weighted by atomic mass is 17.2. The molecule has 2 bridgehead atoms. The zero-order chi connectivity index (χ0) is 13.1. The topological polar surface area (TPSA) is 35.5 Å². The van der Waals surface area contributed by atoms with Gasteiger partial charge in [0.25, 0.3) is 0 Å². The van der Waals surface area contributed by atoms with Crippen LogP contribution in [-0.4, -0.2) is 17.5 Å². The molecule has 1 saturated carbocycles. The van der Waals surface area contributed by atoms with Gasteiger partial charge in [0.05, 0.1) is 5.41 Å². The number of Topliss-reactive ketones (excluding diaryl/α,β-unsaturated/α-hetero) is 1. The van der Waals surface area contributed by atoms with Gasteiger partial charge in [-0.05, 0) is 57.6 Å². The van der Waals surface area contributed by atoms with Crippen LogP contribution >= 0.6 is 0 Å². The summed E-state index contributed by atoms with van der Waals surface area (Å²) in [5.41, 5.74) is 1.32. The maximum absolute atomic E-state index is 12.5. The molecule has 0 aromatic rings. The van der Waals surface area contributed by atoms with Gasteiger partial charge >= 0.3 is 0 Å². The Morgan fingerprint density at radius 3 is 2.89 bits per heavy atom. The summed E-state index contributed by atoms with van der Waals surface area (Å²) in [5, 5.41) is 0. The maximum atomic E-state index is 12.5. The van der Waals surface area contributed by atoms with Crippen LogP contribution in [0.1, 0.15) is 40.0 Å². The van der Waals surface area contributed by atoms with Crippen LogP contribution in [0.25, 0.3) is 0 Å². The highest BCUT2D eigenvalue weighted by molar-refractivity contribution is 5.94. The molecule has 2 heterocycles. The zero-order valence-corrected chi connectivity index (χ0v) is 11.3. The van der Waals surface area contributed by atoms with Gasteiger partial charge in [-0.3, -0.25) is 4.79 Å². The number of rotatable bonds is 1. The van der Waals surface area contributed by atoms with Crippen molar-refractivity contribution in [1.29, 1.82) is 0 Å². The molecule has 2 fully saturated rings. The number of carbonyl (C=O) groups is 1. The molecule has 0 amide bonds. The Morgan fingerprint density at radius 2 is 2.28 bits per heavy atom. The van der Waals surface area contributed by atoms with E-state index in [2.05, 4.69) is 20.4 Å². The van der Waals surface area contributed by atoms with Crippen LogP contribution in [0.15, 0.2) is 23.8 Å². The minimum Gasteiger partial charge on any atom is -0.295 e. The van der Waals surface area contributed by atoms with E-state index >= 15 is 0 Å². The largest absolute Gasteiger partial charge is 0.295 e. The lowest BCUT2D eigenvalue weighted by Crippen LogP contribution is -2.66. The van der Waals surface area contributed by atoms with Gasteiger partial charge in [0.2, 0.25) is 0 Å². The van der Waals surface area contributed by atoms with Crippen molar-refractivity contribution in [1.82, 2.24) is 0 Å². The van der Waals surface area contributed by atoms with Gasteiger partial charge in [0, 0.05) is 0 Å². The fraction of sp³-hybridized carbons (Fsp3) is 0.667. The van der Waals surface area contributed by atoms with E-state index in [0.29, 0.717) is 5.92 Å². The van der Waals surface area contributed by atoms with Crippen LogP contribution in [0.3, 0.4) is 0 Å². The minimum absolute atomic E-state index is 0.180. The van der Waals surface area contributed by atoms with E-state index in [9.17, 15) is 4.79 Å². The Labute approximate surface area is 108 Å². The third kappa shape index (κ3) is 1.24. The summed E-state index contributed by atoms with van der Waals surface area (Å²) in [6.07, 6.45) is 4.10. The lowest BCUT2D eigenvalue weighted by atomic mass is 9.53. The molecule has 1 saturated heterocycles. The van der Waals surface area contributed by atoms with E-state index in [1.54, 1.807) is 0 Å². The molecule has 0 aromatic carbocycles. The number of carbonyl (C=O) groups excluding carboxylic acids is 1. The third-order valence-electron chi connectivity index (χ3n) is 5.25. The summed E-state index contributed by atoms with van der Waals surface area (Å²) >= 11 is 0. The van der Waals surface area contributed by atoms with Crippen LogP contribution in [0.4, 0.5) is 0 Å². The van der Waals surface area contributed by atoms with E-state index in [0.717, 1.165) is 24.8 Å². The van der Waals surface area contributed by atoms with Crippen LogP contribution in [0.2, 0.25) is 0 Å². The molecule has 4 rings (SSSR count). The molecule has 2 aliphatic carbocycles. The van der Waals surface area contributed by atoms with Gasteiger partial charge in [-0.2, -0.15) is 0 Å². The van der Waals surface area contributed by atoms with Gasteiger partial charge in [-0.25, -0.2) is 9.78 Å². The minimum atomic E-state index is -0.569. The van der Waals surface area contributed by atoms with E-state index in [4.69, 9.17) is 9.78 Å². The second-order valence-corrected chi connectivity index (χ2v) is 6.26. The summed E-state index contributed by atoms with van der Waals surface area (Å²) < 4.78 is 0. The predicted molar refractivity (Wildman–Crippen MR) is 67.7 cm³/mol. The molecule has 3 heteroatoms. The van der Waals surface area contributed by atoms with Gasteiger partial charge in [-0.1, -0.05) is 12.2 Å². The van der Waals surface area contributed by atoms with Crippen LogP contribution in [-0.2, 0) is 14.6 Å². The summed E-state index contributed by atoms with van der Waals surface area (Å²) in [6.45, 7) is 10.2. The second kappa shape index (κ2) is 3.55. The van der Waals surface area contributed by atoms with E-state index in [1.807, 2.05) is 13.0 Å². The van der Waals surface area contributed by atoms with Crippen LogP contribution < -0.4 is 0 Å².